The van der Waals surface area contributed by atoms with Gasteiger partial charge in [0.2, 0.25) is 0 Å². The minimum Gasteiger partial charge on any atom is -0.0610 e. The van der Waals surface area contributed by atoms with Gasteiger partial charge in [0.05, 0.1) is 0 Å². The Kier molecular flexibility index (Phi) is 3.65. The standard InChI is InChI=1S/C34H30/c1-33(2,3)31-27-21-15-7-11-19-13-9-17-23(25(19)21)29(27)32(34(4,5)6)30-24-18-10-14-20-12-8-16-22(26(20)24)28(30)31/h7-18H,1-6H3. The third-order valence-electron chi connectivity index (χ3n) is 7.89. The van der Waals surface area contributed by atoms with Crippen LogP contribution in [0.3, 0.4) is 0 Å². The lowest BCUT2D eigenvalue weighted by Crippen LogP contribution is -2.16. The molecule has 0 heterocycles. The van der Waals surface area contributed by atoms with Gasteiger partial charge in [-0.2, -0.15) is 0 Å². The van der Waals surface area contributed by atoms with Gasteiger partial charge in [-0.25, -0.2) is 0 Å². The van der Waals surface area contributed by atoms with Crippen molar-refractivity contribution in [1.82, 2.24) is 0 Å². The van der Waals surface area contributed by atoms with Crippen molar-refractivity contribution in [2.45, 2.75) is 52.4 Å². The van der Waals surface area contributed by atoms with E-state index in [2.05, 4.69) is 114 Å². The first-order chi connectivity index (χ1) is 16.2. The molecule has 0 aliphatic heterocycles. The first-order valence-corrected chi connectivity index (χ1v) is 12.5. The number of hydrogen-bond acceptors (Lipinski definition) is 0. The molecule has 0 saturated carbocycles. The monoisotopic (exact) mass is 438 g/mol. The normalized spacial score (nSPS) is 13.6. The highest BCUT2D eigenvalue weighted by atomic mass is 14.4. The summed E-state index contributed by atoms with van der Waals surface area (Å²) in [7, 11) is 0. The first-order valence-electron chi connectivity index (χ1n) is 12.5. The lowest BCUT2D eigenvalue weighted by Gasteiger charge is -2.29. The predicted octanol–water partition coefficient (Wildman–Crippen LogP) is 10.1. The van der Waals surface area contributed by atoms with Crippen LogP contribution in [0, 0.1) is 0 Å². The van der Waals surface area contributed by atoms with Crippen LogP contribution in [0.5, 0.6) is 0 Å². The van der Waals surface area contributed by atoms with E-state index >= 15 is 0 Å². The van der Waals surface area contributed by atoms with Crippen molar-refractivity contribution >= 4 is 64.6 Å². The predicted molar refractivity (Wildman–Crippen MR) is 151 cm³/mol. The molecule has 0 bridgehead atoms. The summed E-state index contributed by atoms with van der Waals surface area (Å²) in [4.78, 5) is 0. The fraction of sp³-hybridized carbons (Fsp3) is 0.235. The quantitative estimate of drug-likeness (QED) is 0.221. The van der Waals surface area contributed by atoms with Crippen LogP contribution in [-0.4, -0.2) is 0 Å². The summed E-state index contributed by atoms with van der Waals surface area (Å²) in [5.74, 6) is 0. The van der Waals surface area contributed by atoms with Crippen LogP contribution in [0.25, 0.3) is 64.6 Å². The van der Waals surface area contributed by atoms with E-state index in [1.54, 1.807) is 0 Å². The number of fused-ring (bicyclic) bond motifs is 6. The Morgan fingerprint density at radius 3 is 0.853 bits per heavy atom. The number of hydrogen-bond donors (Lipinski definition) is 0. The highest BCUT2D eigenvalue weighted by molar-refractivity contribution is 6.40. The van der Waals surface area contributed by atoms with Gasteiger partial charge in [0, 0.05) is 0 Å². The molecule has 0 atom stereocenters. The third kappa shape index (κ3) is 2.34. The van der Waals surface area contributed by atoms with Gasteiger partial charge in [-0.3, -0.25) is 0 Å². The Bertz CT molecular complexity index is 1640. The molecule has 7 aromatic carbocycles. The van der Waals surface area contributed by atoms with E-state index in [9.17, 15) is 0 Å². The molecule has 0 amide bonds. The maximum absolute atomic E-state index is 2.39. The largest absolute Gasteiger partial charge is 0.0610 e. The molecule has 0 aromatic heterocycles. The second-order valence-corrected chi connectivity index (χ2v) is 12.2. The summed E-state index contributed by atoms with van der Waals surface area (Å²) in [5, 5.41) is 17.0. The van der Waals surface area contributed by atoms with Crippen molar-refractivity contribution in [3.05, 3.63) is 83.9 Å². The van der Waals surface area contributed by atoms with Crippen LogP contribution in [0.4, 0.5) is 0 Å². The molecule has 0 N–H and O–H groups in total. The summed E-state index contributed by atoms with van der Waals surface area (Å²) in [5.41, 5.74) is 2.99. The van der Waals surface area contributed by atoms with Crippen molar-refractivity contribution in [2.75, 3.05) is 0 Å². The van der Waals surface area contributed by atoms with Gasteiger partial charge < -0.3 is 0 Å². The lowest BCUT2D eigenvalue weighted by atomic mass is 9.75. The molecule has 0 radical (unpaired) electrons. The third-order valence-corrected chi connectivity index (χ3v) is 7.89. The fourth-order valence-corrected chi connectivity index (χ4v) is 6.84. The Balaban J connectivity index is 1.99. The van der Waals surface area contributed by atoms with Crippen LogP contribution >= 0.6 is 0 Å². The molecular weight excluding hydrogens is 408 g/mol. The summed E-state index contributed by atoms with van der Waals surface area (Å²) in [6.07, 6.45) is 0. The van der Waals surface area contributed by atoms with E-state index in [-0.39, 0.29) is 10.8 Å². The molecule has 0 unspecified atom stereocenters. The number of benzene rings is 5. The van der Waals surface area contributed by atoms with E-state index in [0.717, 1.165) is 0 Å². The molecule has 34 heavy (non-hydrogen) atoms. The smallest absolute Gasteiger partial charge is 0.00262 e. The molecule has 166 valence electrons. The molecule has 0 nitrogen and oxygen atoms in total. The van der Waals surface area contributed by atoms with Gasteiger partial charge in [-0.15, -0.1) is 0 Å². The van der Waals surface area contributed by atoms with Gasteiger partial charge in [0.25, 0.3) is 0 Å². The average Bonchev–Trinajstić information content (AvgIpc) is 3.28. The van der Waals surface area contributed by atoms with Gasteiger partial charge in [-0.1, -0.05) is 114 Å². The molecule has 0 spiro atoms. The molecule has 0 aliphatic carbocycles. The fourth-order valence-electron chi connectivity index (χ4n) is 6.84. The zero-order valence-corrected chi connectivity index (χ0v) is 20.9. The van der Waals surface area contributed by atoms with Gasteiger partial charge in [0.15, 0.2) is 0 Å². The Labute approximate surface area is 200 Å². The Hall–Kier alpha value is -3.38. The summed E-state index contributed by atoms with van der Waals surface area (Å²) in [6, 6.07) is 27.5. The van der Waals surface area contributed by atoms with Crippen molar-refractivity contribution in [1.29, 1.82) is 0 Å². The second kappa shape index (κ2) is 6.19. The maximum Gasteiger partial charge on any atom is -0.00262 e. The molecule has 7 rings (SSSR count). The summed E-state index contributed by atoms with van der Waals surface area (Å²) in [6.45, 7) is 14.4. The highest BCUT2D eigenvalue weighted by Gasteiger charge is 2.33. The Morgan fingerprint density at radius 2 is 0.618 bits per heavy atom. The zero-order chi connectivity index (χ0) is 23.6. The summed E-state index contributed by atoms with van der Waals surface area (Å²) < 4.78 is 0. The topological polar surface area (TPSA) is 0 Å². The van der Waals surface area contributed by atoms with Crippen molar-refractivity contribution in [3.63, 3.8) is 0 Å². The highest BCUT2D eigenvalue weighted by Crippen LogP contribution is 2.54. The minimum absolute atomic E-state index is 0.000996. The van der Waals surface area contributed by atoms with Crippen molar-refractivity contribution < 1.29 is 0 Å². The molecule has 0 aliphatic rings. The van der Waals surface area contributed by atoms with Crippen LogP contribution in [0.15, 0.2) is 72.8 Å². The van der Waals surface area contributed by atoms with Gasteiger partial charge in [0.1, 0.15) is 0 Å². The van der Waals surface area contributed by atoms with E-state index in [1.165, 1.54) is 75.8 Å². The zero-order valence-electron chi connectivity index (χ0n) is 20.9. The maximum atomic E-state index is 2.39. The van der Waals surface area contributed by atoms with Gasteiger partial charge in [-0.05, 0) is 86.6 Å². The SMILES string of the molecule is CC(C)(C)c1c2c3cccc4cccc(c2c(C(C)(C)C)c2c5cccc6cccc(c12)c65)c43. The molecule has 0 saturated heterocycles. The average molecular weight is 439 g/mol. The van der Waals surface area contributed by atoms with E-state index in [1.807, 2.05) is 0 Å². The van der Waals surface area contributed by atoms with E-state index in [0.29, 0.717) is 0 Å². The molecular formula is C34H30. The lowest BCUT2D eigenvalue weighted by molar-refractivity contribution is 0.595. The van der Waals surface area contributed by atoms with Crippen LogP contribution < -0.4 is 0 Å². The van der Waals surface area contributed by atoms with E-state index < -0.39 is 0 Å². The molecule has 0 heteroatoms. The van der Waals surface area contributed by atoms with E-state index in [4.69, 9.17) is 0 Å². The number of rotatable bonds is 0. The van der Waals surface area contributed by atoms with Crippen molar-refractivity contribution in [2.24, 2.45) is 0 Å². The second-order valence-electron chi connectivity index (χ2n) is 12.2. The van der Waals surface area contributed by atoms with Gasteiger partial charge >= 0.3 is 0 Å². The van der Waals surface area contributed by atoms with Crippen LogP contribution in [-0.2, 0) is 10.8 Å². The summed E-state index contributed by atoms with van der Waals surface area (Å²) >= 11 is 0. The van der Waals surface area contributed by atoms with Crippen molar-refractivity contribution in [3.8, 4) is 0 Å². The molecule has 7 aromatic rings. The Morgan fingerprint density at radius 1 is 0.353 bits per heavy atom. The minimum atomic E-state index is -0.000996. The first kappa shape index (κ1) is 20.0. The van der Waals surface area contributed by atoms with Crippen LogP contribution in [0.1, 0.15) is 52.7 Å². The molecule has 0 fully saturated rings. The van der Waals surface area contributed by atoms with Crippen LogP contribution in [0.2, 0.25) is 0 Å².